The van der Waals surface area contributed by atoms with Gasteiger partial charge in [-0.2, -0.15) is 13.2 Å². The highest BCUT2D eigenvalue weighted by Gasteiger charge is 2.62. The van der Waals surface area contributed by atoms with Gasteiger partial charge < -0.3 is 19.5 Å². The van der Waals surface area contributed by atoms with E-state index < -0.39 is 52.3 Å². The van der Waals surface area contributed by atoms with Crippen molar-refractivity contribution in [2.75, 3.05) is 30.9 Å². The Bertz CT molecular complexity index is 1790. The number of carbonyl (C=O) groups is 2. The number of aryl methyl sites for hydroxylation is 1. The zero-order valence-electron chi connectivity index (χ0n) is 28.8. The summed E-state index contributed by atoms with van der Waals surface area (Å²) in [5.41, 5.74) is 0.0704. The molecule has 14 heteroatoms. The number of aliphatic hydroxyl groups is 1. The number of nitrogens with one attached hydrogen (secondary N) is 1. The number of rotatable bonds is 3. The van der Waals surface area contributed by atoms with Crippen LogP contribution in [0.5, 0.6) is 5.75 Å². The minimum Gasteiger partial charge on any atom is -0.491 e. The van der Waals surface area contributed by atoms with Crippen molar-refractivity contribution in [2.45, 2.75) is 82.7 Å². The van der Waals surface area contributed by atoms with Gasteiger partial charge in [0.1, 0.15) is 15.7 Å². The summed E-state index contributed by atoms with van der Waals surface area (Å²) in [5.74, 6) is -2.43. The first kappa shape index (κ1) is 37.6. The van der Waals surface area contributed by atoms with E-state index in [0.717, 1.165) is 43.2 Å². The van der Waals surface area contributed by atoms with Crippen molar-refractivity contribution in [3.63, 3.8) is 0 Å². The highest BCUT2D eigenvalue weighted by molar-refractivity contribution is 7.92. The van der Waals surface area contributed by atoms with Gasteiger partial charge in [0.25, 0.3) is 5.91 Å². The summed E-state index contributed by atoms with van der Waals surface area (Å²) in [5, 5.41) is 10.6. The fourth-order valence-electron chi connectivity index (χ4n) is 7.59. The van der Waals surface area contributed by atoms with E-state index in [1.165, 1.54) is 0 Å². The second kappa shape index (κ2) is 15.1. The lowest BCUT2D eigenvalue weighted by atomic mass is 9.70. The lowest BCUT2D eigenvalue weighted by molar-refractivity contribution is -0.295. The molecule has 0 saturated heterocycles. The van der Waals surface area contributed by atoms with Crippen LogP contribution in [0.1, 0.15) is 73.4 Å². The Morgan fingerprint density at radius 3 is 2.65 bits per heavy atom. The number of benzene rings is 2. The smallest absolute Gasteiger partial charge is 0.417 e. The Morgan fingerprint density at radius 2 is 1.94 bits per heavy atom. The lowest BCUT2D eigenvalue weighted by Crippen LogP contribution is -2.59. The number of halogens is 4. The molecule has 2 aromatic rings. The van der Waals surface area contributed by atoms with E-state index in [0.29, 0.717) is 42.6 Å². The molecule has 278 valence electrons. The minimum atomic E-state index is -4.90. The van der Waals surface area contributed by atoms with Gasteiger partial charge in [-0.1, -0.05) is 36.7 Å². The molecule has 6 rings (SSSR count). The normalized spacial score (nSPS) is 32.3. The van der Waals surface area contributed by atoms with Gasteiger partial charge >= 0.3 is 6.18 Å². The third kappa shape index (κ3) is 8.42. The number of ether oxygens (including phenoxy) is 2. The summed E-state index contributed by atoms with van der Waals surface area (Å²) in [6.45, 7) is 3.43. The molecule has 2 saturated carbocycles. The SMILES string of the molecule is CO[C@H]1/C=C/C[C@H](C)CS(=O)(NC(=O)C2CC(O)(C(F)(F)F)C2)=NC(=O)c2ccc3c(c2)N(Cc2ccc(Cl)cc2CCCCO3)C[C@@H]2CC[C@H]21. The van der Waals surface area contributed by atoms with E-state index in [2.05, 4.69) is 14.0 Å². The zero-order valence-corrected chi connectivity index (χ0v) is 30.4. The van der Waals surface area contributed by atoms with E-state index in [1.54, 1.807) is 32.2 Å². The number of methoxy groups -OCH3 is 1. The zero-order chi connectivity index (χ0) is 36.6. The molecule has 9 nitrogen and oxygen atoms in total. The minimum absolute atomic E-state index is 0.130. The maximum atomic E-state index is 14.4. The molecule has 51 heavy (non-hydrogen) atoms. The Morgan fingerprint density at radius 1 is 1.16 bits per heavy atom. The van der Waals surface area contributed by atoms with Crippen LogP contribution in [-0.2, 0) is 32.4 Å². The summed E-state index contributed by atoms with van der Waals surface area (Å²) >= 11 is 6.42. The molecule has 2 bridgehead atoms. The molecule has 0 spiro atoms. The summed E-state index contributed by atoms with van der Waals surface area (Å²) in [6, 6.07) is 10.9. The van der Waals surface area contributed by atoms with Gasteiger partial charge in [0, 0.05) is 36.7 Å². The fourth-order valence-corrected chi connectivity index (χ4v) is 9.75. The van der Waals surface area contributed by atoms with Crippen LogP contribution in [0.15, 0.2) is 52.9 Å². The van der Waals surface area contributed by atoms with Crippen LogP contribution in [0.25, 0.3) is 0 Å². The van der Waals surface area contributed by atoms with Crippen LogP contribution < -0.4 is 14.4 Å². The Kier molecular flexibility index (Phi) is 11.1. The number of nitrogens with zero attached hydrogens (tertiary/aromatic N) is 2. The first-order chi connectivity index (χ1) is 24.2. The number of alkyl halides is 3. The van der Waals surface area contributed by atoms with Crippen LogP contribution in [0, 0.1) is 23.7 Å². The number of allylic oxidation sites excluding steroid dienone is 1. The Hall–Kier alpha value is -3.13. The van der Waals surface area contributed by atoms with Crippen LogP contribution >= 0.6 is 11.6 Å². The van der Waals surface area contributed by atoms with E-state index >= 15 is 0 Å². The molecular formula is C37H45ClF3N3O6S. The third-order valence-corrected chi connectivity index (χ3v) is 13.0. The van der Waals surface area contributed by atoms with Gasteiger partial charge in [-0.3, -0.25) is 14.3 Å². The van der Waals surface area contributed by atoms with Gasteiger partial charge in [0.05, 0.1) is 24.2 Å². The predicted molar refractivity (Wildman–Crippen MR) is 189 cm³/mol. The number of hydrogen-bond acceptors (Lipinski definition) is 7. The number of hydrogen-bond donors (Lipinski definition) is 2. The summed E-state index contributed by atoms with van der Waals surface area (Å²) < 4.78 is 72.9. The van der Waals surface area contributed by atoms with Crippen LogP contribution in [-0.4, -0.2) is 65.0 Å². The molecule has 2 N–H and O–H groups in total. The molecule has 2 aliphatic carbocycles. The Balaban J connectivity index is 1.40. The number of anilines is 1. The number of carbonyl (C=O) groups excluding carboxylic acids is 2. The standard InChI is InChI=1S/C37H45ClF3N3O6S/c1-23-6-5-8-32(49-2)30-13-10-27(30)21-44-20-26-9-12-29(38)16-24(26)7-3-4-15-50-33-14-11-25(17-31(33)44)34(45)42-51(48,22-23)43-35(46)28-18-36(47,19-28)37(39,40)41/h5,8-9,11-12,14,16-17,23,27-28,30,32,47H,3-4,6-7,10,13,15,18-22H2,1-2H3,(H,42,43,45,46,48)/b8-5+/t23-,27-,28?,30+,32-,36?,51?/m0/s1. The van der Waals surface area contributed by atoms with Gasteiger partial charge in [-0.15, -0.1) is 4.36 Å². The lowest BCUT2D eigenvalue weighted by Gasteiger charge is -2.43. The summed E-state index contributed by atoms with van der Waals surface area (Å²) in [4.78, 5) is 29.2. The molecule has 5 atom stereocenters. The van der Waals surface area contributed by atoms with Crippen molar-refractivity contribution >= 4 is 39.0 Å². The van der Waals surface area contributed by atoms with Crippen LogP contribution in [0.4, 0.5) is 18.9 Å². The van der Waals surface area contributed by atoms with Crippen LogP contribution in [0.3, 0.4) is 0 Å². The maximum Gasteiger partial charge on any atom is 0.417 e. The highest BCUT2D eigenvalue weighted by atomic mass is 35.5. The van der Waals surface area contributed by atoms with Crippen molar-refractivity contribution in [2.24, 2.45) is 28.0 Å². The van der Waals surface area contributed by atoms with Gasteiger partial charge in [-0.25, -0.2) is 4.21 Å². The van der Waals surface area contributed by atoms with Gasteiger partial charge in [0.2, 0.25) is 5.91 Å². The molecule has 2 aromatic carbocycles. The van der Waals surface area contributed by atoms with Crippen molar-refractivity contribution in [1.29, 1.82) is 0 Å². The molecule has 2 fully saturated rings. The Labute approximate surface area is 302 Å². The second-order valence-electron chi connectivity index (χ2n) is 14.6. The maximum absolute atomic E-state index is 14.4. The summed E-state index contributed by atoms with van der Waals surface area (Å²) in [7, 11) is -2.12. The van der Waals surface area contributed by atoms with Crippen molar-refractivity contribution in [3.8, 4) is 5.75 Å². The quantitative estimate of drug-likeness (QED) is 0.323. The first-order valence-electron chi connectivity index (χ1n) is 17.6. The molecule has 4 aliphatic rings. The van der Waals surface area contributed by atoms with Gasteiger partial charge in [0.15, 0.2) is 5.60 Å². The summed E-state index contributed by atoms with van der Waals surface area (Å²) in [6.07, 6.45) is 2.13. The van der Waals surface area contributed by atoms with E-state index in [4.69, 9.17) is 21.1 Å². The average molecular weight is 752 g/mol. The monoisotopic (exact) mass is 751 g/mol. The highest BCUT2D eigenvalue weighted by Crippen LogP contribution is 2.49. The third-order valence-electron chi connectivity index (χ3n) is 10.7. The molecule has 2 aliphatic heterocycles. The van der Waals surface area contributed by atoms with Gasteiger partial charge in [-0.05, 0) is 111 Å². The molecule has 0 radical (unpaired) electrons. The molecule has 1 unspecified atom stereocenters. The molecule has 0 aromatic heterocycles. The van der Waals surface area contributed by atoms with E-state index in [-0.39, 0.29) is 35.2 Å². The van der Waals surface area contributed by atoms with Crippen LogP contribution in [0.2, 0.25) is 5.02 Å². The van der Waals surface area contributed by atoms with Crippen molar-refractivity contribution in [3.05, 3.63) is 70.3 Å². The molecule has 2 amide bonds. The van der Waals surface area contributed by atoms with Crippen molar-refractivity contribution < 1.29 is 41.5 Å². The fraction of sp³-hybridized carbons (Fsp3) is 0.568. The first-order valence-corrected chi connectivity index (χ1v) is 19.6. The van der Waals surface area contributed by atoms with Crippen molar-refractivity contribution in [1.82, 2.24) is 4.72 Å². The topological polar surface area (TPSA) is 118 Å². The largest absolute Gasteiger partial charge is 0.491 e. The second-order valence-corrected chi connectivity index (χ2v) is 17.0. The molecular weight excluding hydrogens is 707 g/mol. The number of fused-ring (bicyclic) bond motifs is 3. The average Bonchev–Trinajstić information content (AvgIpc) is 3.06. The van der Waals surface area contributed by atoms with E-state index in [1.807, 2.05) is 30.4 Å². The molecule has 2 heterocycles. The predicted octanol–water partition coefficient (Wildman–Crippen LogP) is 7.04. The number of amides is 2. The van der Waals surface area contributed by atoms with E-state index in [9.17, 15) is 32.1 Å².